The number of nitrogen functional groups attached to an aromatic ring is 1. The van der Waals surface area contributed by atoms with E-state index in [0.29, 0.717) is 28.5 Å². The van der Waals surface area contributed by atoms with Gasteiger partial charge >= 0.3 is 0 Å². The first kappa shape index (κ1) is 17.5. The number of amides is 1. The summed E-state index contributed by atoms with van der Waals surface area (Å²) in [5, 5.41) is 9.03. The third kappa shape index (κ3) is 4.42. The van der Waals surface area contributed by atoms with Gasteiger partial charge in [0.25, 0.3) is 5.91 Å². The van der Waals surface area contributed by atoms with E-state index in [-0.39, 0.29) is 17.5 Å². The Morgan fingerprint density at radius 3 is 2.54 bits per heavy atom. The maximum atomic E-state index is 12.0. The zero-order chi connectivity index (χ0) is 18.7. The number of sulfone groups is 1. The SMILES string of the molecule is CS(=O)(=O)Cc1cc(N)nc(-c2ccc(NC(=O)c3ccn[nH]3)cc2)n1. The quantitative estimate of drug-likeness (QED) is 0.611. The Hall–Kier alpha value is -3.27. The first-order valence-electron chi connectivity index (χ1n) is 7.52. The van der Waals surface area contributed by atoms with E-state index >= 15 is 0 Å². The molecule has 0 saturated carbocycles. The van der Waals surface area contributed by atoms with E-state index in [1.807, 2.05) is 0 Å². The van der Waals surface area contributed by atoms with Crippen LogP contribution in [-0.4, -0.2) is 40.7 Å². The topological polar surface area (TPSA) is 144 Å². The molecule has 26 heavy (non-hydrogen) atoms. The lowest BCUT2D eigenvalue weighted by Gasteiger charge is -2.07. The van der Waals surface area contributed by atoms with E-state index in [4.69, 9.17) is 5.73 Å². The van der Waals surface area contributed by atoms with Gasteiger partial charge in [0.15, 0.2) is 15.7 Å². The highest BCUT2D eigenvalue weighted by Crippen LogP contribution is 2.20. The fourth-order valence-electron chi connectivity index (χ4n) is 2.27. The fraction of sp³-hybridized carbons (Fsp3) is 0.125. The van der Waals surface area contributed by atoms with Gasteiger partial charge in [-0.15, -0.1) is 0 Å². The normalized spacial score (nSPS) is 11.3. The summed E-state index contributed by atoms with van der Waals surface area (Å²) in [5.41, 5.74) is 7.65. The number of nitrogens with two attached hydrogens (primary N) is 1. The van der Waals surface area contributed by atoms with Crippen molar-refractivity contribution < 1.29 is 13.2 Å². The van der Waals surface area contributed by atoms with Gasteiger partial charge in [0.2, 0.25) is 0 Å². The Labute approximate surface area is 149 Å². The Balaban J connectivity index is 1.81. The van der Waals surface area contributed by atoms with Crippen LogP contribution in [0, 0.1) is 0 Å². The van der Waals surface area contributed by atoms with Crippen LogP contribution in [-0.2, 0) is 15.6 Å². The predicted molar refractivity (Wildman–Crippen MR) is 97.0 cm³/mol. The van der Waals surface area contributed by atoms with Gasteiger partial charge in [0.05, 0.1) is 11.4 Å². The Morgan fingerprint density at radius 1 is 1.19 bits per heavy atom. The maximum Gasteiger partial charge on any atom is 0.273 e. The molecule has 0 aliphatic carbocycles. The molecule has 0 unspecified atom stereocenters. The number of hydrogen-bond acceptors (Lipinski definition) is 7. The highest BCUT2D eigenvalue weighted by molar-refractivity contribution is 7.89. The Morgan fingerprint density at radius 2 is 1.92 bits per heavy atom. The lowest BCUT2D eigenvalue weighted by atomic mass is 10.2. The van der Waals surface area contributed by atoms with Gasteiger partial charge in [0.1, 0.15) is 11.5 Å². The van der Waals surface area contributed by atoms with Crippen molar-refractivity contribution in [2.75, 3.05) is 17.3 Å². The molecule has 3 rings (SSSR count). The number of aromatic nitrogens is 4. The van der Waals surface area contributed by atoms with Crippen LogP contribution in [0.15, 0.2) is 42.6 Å². The highest BCUT2D eigenvalue weighted by atomic mass is 32.2. The number of carbonyl (C=O) groups is 1. The zero-order valence-corrected chi connectivity index (χ0v) is 14.6. The number of carbonyl (C=O) groups excluding carboxylic acids is 1. The van der Waals surface area contributed by atoms with Gasteiger partial charge in [-0.3, -0.25) is 9.89 Å². The summed E-state index contributed by atoms with van der Waals surface area (Å²) >= 11 is 0. The number of hydrogen-bond donors (Lipinski definition) is 3. The summed E-state index contributed by atoms with van der Waals surface area (Å²) in [6.45, 7) is 0. The van der Waals surface area contributed by atoms with E-state index in [2.05, 4.69) is 25.5 Å². The number of nitrogens with zero attached hydrogens (tertiary/aromatic N) is 3. The molecular formula is C16H16N6O3S. The van der Waals surface area contributed by atoms with Gasteiger partial charge in [-0.1, -0.05) is 0 Å². The third-order valence-corrected chi connectivity index (χ3v) is 4.18. The van der Waals surface area contributed by atoms with Crippen LogP contribution < -0.4 is 11.1 Å². The average Bonchev–Trinajstić information content (AvgIpc) is 3.08. The van der Waals surface area contributed by atoms with Crippen LogP contribution in [0.25, 0.3) is 11.4 Å². The van der Waals surface area contributed by atoms with Crippen molar-refractivity contribution in [3.63, 3.8) is 0 Å². The van der Waals surface area contributed by atoms with Gasteiger partial charge in [0, 0.05) is 29.8 Å². The summed E-state index contributed by atoms with van der Waals surface area (Å²) in [4.78, 5) is 20.4. The van der Waals surface area contributed by atoms with Crippen LogP contribution in [0.3, 0.4) is 0 Å². The van der Waals surface area contributed by atoms with E-state index in [1.165, 1.54) is 12.3 Å². The van der Waals surface area contributed by atoms with Gasteiger partial charge < -0.3 is 11.1 Å². The smallest absolute Gasteiger partial charge is 0.273 e. The standard InChI is InChI=1S/C16H16N6O3S/c1-26(24,25)9-12-8-14(17)21-15(19-12)10-2-4-11(5-3-10)20-16(23)13-6-7-18-22-13/h2-8H,9H2,1H3,(H,18,22)(H,20,23)(H2,17,19,21). The van der Waals surface area contributed by atoms with E-state index < -0.39 is 9.84 Å². The second kappa shape index (κ2) is 6.92. The van der Waals surface area contributed by atoms with Crippen LogP contribution >= 0.6 is 0 Å². The number of aromatic amines is 1. The Bertz CT molecular complexity index is 1030. The summed E-state index contributed by atoms with van der Waals surface area (Å²) in [6.07, 6.45) is 2.62. The molecule has 1 amide bonds. The highest BCUT2D eigenvalue weighted by Gasteiger charge is 2.11. The molecule has 9 nitrogen and oxygen atoms in total. The van der Waals surface area contributed by atoms with Crippen molar-refractivity contribution in [3.8, 4) is 11.4 Å². The van der Waals surface area contributed by atoms with Crippen LogP contribution in [0.2, 0.25) is 0 Å². The van der Waals surface area contributed by atoms with Crippen molar-refractivity contribution in [1.82, 2.24) is 20.2 Å². The molecule has 0 bridgehead atoms. The molecule has 4 N–H and O–H groups in total. The van der Waals surface area contributed by atoms with Gasteiger partial charge in [-0.05, 0) is 30.3 Å². The van der Waals surface area contributed by atoms with Gasteiger partial charge in [-0.2, -0.15) is 5.10 Å². The van der Waals surface area contributed by atoms with Crippen LogP contribution in [0.4, 0.5) is 11.5 Å². The molecule has 0 fully saturated rings. The molecule has 0 radical (unpaired) electrons. The zero-order valence-electron chi connectivity index (χ0n) is 13.8. The maximum absolute atomic E-state index is 12.0. The van der Waals surface area contributed by atoms with Crippen LogP contribution in [0.5, 0.6) is 0 Å². The molecule has 0 aliphatic heterocycles. The number of rotatable bonds is 5. The van der Waals surface area contributed by atoms with Crippen molar-refractivity contribution in [1.29, 1.82) is 0 Å². The molecule has 2 heterocycles. The summed E-state index contributed by atoms with van der Waals surface area (Å²) in [6, 6.07) is 9.79. The molecule has 10 heteroatoms. The summed E-state index contributed by atoms with van der Waals surface area (Å²) in [5.74, 6) is -0.0309. The minimum Gasteiger partial charge on any atom is -0.384 e. The van der Waals surface area contributed by atoms with Crippen molar-refractivity contribution in [3.05, 3.63) is 54.0 Å². The first-order chi connectivity index (χ1) is 12.3. The monoisotopic (exact) mass is 372 g/mol. The fourth-order valence-corrected chi connectivity index (χ4v) is 2.96. The number of benzene rings is 1. The second-order valence-corrected chi connectivity index (χ2v) is 7.82. The molecular weight excluding hydrogens is 356 g/mol. The van der Waals surface area contributed by atoms with Crippen molar-refractivity contribution >= 4 is 27.2 Å². The average molecular weight is 372 g/mol. The molecule has 0 atom stereocenters. The minimum atomic E-state index is -3.24. The molecule has 2 aromatic heterocycles. The van der Waals surface area contributed by atoms with E-state index in [9.17, 15) is 13.2 Å². The molecule has 0 spiro atoms. The molecule has 3 aromatic rings. The van der Waals surface area contributed by atoms with E-state index in [1.54, 1.807) is 30.3 Å². The van der Waals surface area contributed by atoms with Gasteiger partial charge in [-0.25, -0.2) is 18.4 Å². The predicted octanol–water partition coefficient (Wildman–Crippen LogP) is 1.25. The largest absolute Gasteiger partial charge is 0.384 e. The minimum absolute atomic E-state index is 0.185. The lowest BCUT2D eigenvalue weighted by molar-refractivity contribution is 0.102. The second-order valence-electron chi connectivity index (χ2n) is 5.68. The van der Waals surface area contributed by atoms with Crippen LogP contribution in [0.1, 0.15) is 16.2 Å². The lowest BCUT2D eigenvalue weighted by Crippen LogP contribution is -2.12. The number of nitrogens with one attached hydrogen (secondary N) is 2. The summed E-state index contributed by atoms with van der Waals surface area (Å²) < 4.78 is 22.9. The first-order valence-corrected chi connectivity index (χ1v) is 9.58. The molecule has 0 saturated heterocycles. The molecule has 0 aliphatic rings. The Kier molecular flexibility index (Phi) is 4.67. The number of anilines is 2. The number of H-pyrrole nitrogens is 1. The van der Waals surface area contributed by atoms with Crippen molar-refractivity contribution in [2.24, 2.45) is 0 Å². The molecule has 1 aromatic carbocycles. The van der Waals surface area contributed by atoms with Crippen molar-refractivity contribution in [2.45, 2.75) is 5.75 Å². The van der Waals surface area contributed by atoms with E-state index in [0.717, 1.165) is 6.26 Å². The summed E-state index contributed by atoms with van der Waals surface area (Å²) in [7, 11) is -3.24. The third-order valence-electron chi connectivity index (χ3n) is 3.36. The molecule has 134 valence electrons.